The molecule has 0 saturated heterocycles. The molecule has 0 bridgehead atoms. The highest BCUT2D eigenvalue weighted by atomic mass is 32.2. The molecule has 1 aromatic heterocycles. The Kier molecular flexibility index (Phi) is 5.43. The molecule has 1 aliphatic heterocycles. The third-order valence-corrected chi connectivity index (χ3v) is 5.64. The zero-order valence-corrected chi connectivity index (χ0v) is 15.2. The van der Waals surface area contributed by atoms with Crippen LogP contribution in [-0.4, -0.2) is 35.1 Å². The minimum atomic E-state index is 0.109. The predicted octanol–water partition coefficient (Wildman–Crippen LogP) is 2.98. The van der Waals surface area contributed by atoms with E-state index in [-0.39, 0.29) is 11.8 Å². The van der Waals surface area contributed by atoms with Crippen molar-refractivity contribution in [1.29, 1.82) is 0 Å². The van der Waals surface area contributed by atoms with Crippen molar-refractivity contribution in [3.05, 3.63) is 17.3 Å². The summed E-state index contributed by atoms with van der Waals surface area (Å²) in [7, 11) is 0. The Hall–Kier alpha value is -1.56. The Morgan fingerprint density at radius 2 is 2.12 bits per heavy atom. The van der Waals surface area contributed by atoms with E-state index < -0.39 is 0 Å². The number of amides is 2. The Morgan fingerprint density at radius 1 is 1.38 bits per heavy atom. The van der Waals surface area contributed by atoms with Crippen LogP contribution in [0.15, 0.2) is 11.1 Å². The van der Waals surface area contributed by atoms with Gasteiger partial charge in [0.2, 0.25) is 11.8 Å². The highest BCUT2D eigenvalue weighted by Crippen LogP contribution is 2.36. The number of nitrogens with one attached hydrogen (secondary N) is 1. The summed E-state index contributed by atoms with van der Waals surface area (Å²) in [6.45, 7) is 4.57. The molecule has 1 aromatic rings. The Bertz CT molecular complexity index is 641. The molecular formula is C18H25N3O2S. The summed E-state index contributed by atoms with van der Waals surface area (Å²) in [6.07, 6.45) is 5.79. The summed E-state index contributed by atoms with van der Waals surface area (Å²) >= 11 is 1.51. The Morgan fingerprint density at radius 3 is 2.88 bits per heavy atom. The molecule has 130 valence electrons. The number of carbonyl (C=O) groups is 2. The largest absolute Gasteiger partial charge is 0.353 e. The number of rotatable bonds is 5. The van der Waals surface area contributed by atoms with Gasteiger partial charge in [0.05, 0.1) is 11.4 Å². The number of thioether (sulfide) groups is 1. The maximum Gasteiger partial charge on any atom is 0.237 e. The van der Waals surface area contributed by atoms with Crippen molar-refractivity contribution >= 4 is 29.3 Å². The molecule has 2 aliphatic rings. The van der Waals surface area contributed by atoms with Crippen LogP contribution in [0.25, 0.3) is 0 Å². The number of anilines is 1. The van der Waals surface area contributed by atoms with E-state index in [2.05, 4.69) is 10.3 Å². The molecule has 0 unspecified atom stereocenters. The van der Waals surface area contributed by atoms with Gasteiger partial charge in [0, 0.05) is 24.7 Å². The van der Waals surface area contributed by atoms with Gasteiger partial charge in [-0.15, -0.1) is 0 Å². The van der Waals surface area contributed by atoms with Crippen LogP contribution in [0, 0.1) is 13.8 Å². The maximum atomic E-state index is 12.3. The second-order valence-electron chi connectivity index (χ2n) is 6.72. The molecule has 1 fully saturated rings. The first-order valence-corrected chi connectivity index (χ1v) is 9.74. The zero-order chi connectivity index (χ0) is 17.1. The molecule has 6 heteroatoms. The highest BCUT2D eigenvalue weighted by molar-refractivity contribution is 8.00. The normalized spacial score (nSPS) is 17.9. The van der Waals surface area contributed by atoms with Gasteiger partial charge in [-0.05, 0) is 44.7 Å². The second kappa shape index (κ2) is 7.55. The van der Waals surface area contributed by atoms with Crippen LogP contribution in [0.4, 0.5) is 5.69 Å². The number of pyridine rings is 1. The van der Waals surface area contributed by atoms with E-state index in [4.69, 9.17) is 0 Å². The van der Waals surface area contributed by atoms with Crippen molar-refractivity contribution in [2.24, 2.45) is 0 Å². The van der Waals surface area contributed by atoms with Crippen molar-refractivity contribution < 1.29 is 9.59 Å². The lowest BCUT2D eigenvalue weighted by Gasteiger charge is -2.30. The number of hydrogen-bond acceptors (Lipinski definition) is 4. The van der Waals surface area contributed by atoms with E-state index in [1.165, 1.54) is 24.6 Å². The minimum absolute atomic E-state index is 0.109. The van der Waals surface area contributed by atoms with Gasteiger partial charge in [-0.3, -0.25) is 9.59 Å². The SMILES string of the molecule is Cc1cc(C)c2c(n1)SCC(=O)N2CCCC(=O)NC1CCCC1. The van der Waals surface area contributed by atoms with Crippen molar-refractivity contribution in [2.45, 2.75) is 63.4 Å². The Balaban J connectivity index is 1.59. The summed E-state index contributed by atoms with van der Waals surface area (Å²) in [5, 5.41) is 4.04. The first-order chi connectivity index (χ1) is 11.5. The van der Waals surface area contributed by atoms with E-state index in [0.29, 0.717) is 31.2 Å². The van der Waals surface area contributed by atoms with E-state index in [0.717, 1.165) is 34.8 Å². The molecule has 0 spiro atoms. The zero-order valence-electron chi connectivity index (χ0n) is 14.4. The first-order valence-electron chi connectivity index (χ1n) is 8.75. The van der Waals surface area contributed by atoms with Gasteiger partial charge < -0.3 is 10.2 Å². The first kappa shape index (κ1) is 17.3. The molecule has 2 amide bonds. The summed E-state index contributed by atoms with van der Waals surface area (Å²) in [4.78, 5) is 30.8. The average molecular weight is 347 g/mol. The molecule has 24 heavy (non-hydrogen) atoms. The van der Waals surface area contributed by atoms with Gasteiger partial charge in [0.25, 0.3) is 0 Å². The number of fused-ring (bicyclic) bond motifs is 1. The second-order valence-corrected chi connectivity index (χ2v) is 7.68. The summed E-state index contributed by atoms with van der Waals surface area (Å²) in [5.74, 6) is 0.647. The summed E-state index contributed by atoms with van der Waals surface area (Å²) in [6, 6.07) is 2.37. The molecule has 1 aliphatic carbocycles. The van der Waals surface area contributed by atoms with Gasteiger partial charge in [-0.2, -0.15) is 0 Å². The fourth-order valence-electron chi connectivity index (χ4n) is 3.56. The van der Waals surface area contributed by atoms with E-state index in [9.17, 15) is 9.59 Å². The smallest absolute Gasteiger partial charge is 0.237 e. The maximum absolute atomic E-state index is 12.3. The number of nitrogens with zero attached hydrogens (tertiary/aromatic N) is 2. The van der Waals surface area contributed by atoms with Crippen LogP contribution in [0.5, 0.6) is 0 Å². The molecular weight excluding hydrogens is 322 g/mol. The third kappa shape index (κ3) is 3.91. The van der Waals surface area contributed by atoms with E-state index >= 15 is 0 Å². The number of hydrogen-bond donors (Lipinski definition) is 1. The van der Waals surface area contributed by atoms with Crippen molar-refractivity contribution in [3.63, 3.8) is 0 Å². The summed E-state index contributed by atoms with van der Waals surface area (Å²) < 4.78 is 0. The molecule has 2 heterocycles. The van der Waals surface area contributed by atoms with Crippen molar-refractivity contribution in [2.75, 3.05) is 17.2 Å². The van der Waals surface area contributed by atoms with Crippen LogP contribution in [0.3, 0.4) is 0 Å². The minimum Gasteiger partial charge on any atom is -0.353 e. The molecule has 1 saturated carbocycles. The van der Waals surface area contributed by atoms with Crippen LogP contribution in [-0.2, 0) is 9.59 Å². The topological polar surface area (TPSA) is 62.3 Å². The van der Waals surface area contributed by atoms with Gasteiger partial charge in [0.1, 0.15) is 5.03 Å². The van der Waals surface area contributed by atoms with E-state index in [1.54, 1.807) is 0 Å². The number of aryl methyl sites for hydroxylation is 2. The fraction of sp³-hybridized carbons (Fsp3) is 0.611. The van der Waals surface area contributed by atoms with Crippen molar-refractivity contribution in [3.8, 4) is 0 Å². The van der Waals surface area contributed by atoms with Crippen LogP contribution < -0.4 is 10.2 Å². The predicted molar refractivity (Wildman–Crippen MR) is 96.4 cm³/mol. The molecule has 0 atom stereocenters. The standard InChI is InChI=1S/C18H25N3O2S/c1-12-10-13(2)19-18-17(12)21(16(23)11-24-18)9-5-8-15(22)20-14-6-3-4-7-14/h10,14H,3-9,11H2,1-2H3,(H,20,22). The van der Waals surface area contributed by atoms with Crippen LogP contribution >= 0.6 is 11.8 Å². The third-order valence-electron chi connectivity index (χ3n) is 4.69. The van der Waals surface area contributed by atoms with Crippen molar-refractivity contribution in [1.82, 2.24) is 10.3 Å². The number of carbonyl (C=O) groups excluding carboxylic acids is 2. The average Bonchev–Trinajstić information content (AvgIpc) is 3.02. The van der Waals surface area contributed by atoms with Gasteiger partial charge >= 0.3 is 0 Å². The lowest BCUT2D eigenvalue weighted by Crippen LogP contribution is -2.38. The fourth-order valence-corrected chi connectivity index (χ4v) is 4.59. The molecule has 3 rings (SSSR count). The molecule has 1 N–H and O–H groups in total. The molecule has 5 nitrogen and oxygen atoms in total. The van der Waals surface area contributed by atoms with Crippen LogP contribution in [0.2, 0.25) is 0 Å². The van der Waals surface area contributed by atoms with Gasteiger partial charge in [-0.25, -0.2) is 4.98 Å². The monoisotopic (exact) mass is 347 g/mol. The Labute approximate surface area is 147 Å². The lowest BCUT2D eigenvalue weighted by molar-refractivity contribution is -0.122. The quantitative estimate of drug-likeness (QED) is 0.889. The number of aromatic nitrogens is 1. The van der Waals surface area contributed by atoms with Gasteiger partial charge in [0.15, 0.2) is 0 Å². The van der Waals surface area contributed by atoms with E-state index in [1.807, 2.05) is 24.8 Å². The van der Waals surface area contributed by atoms with Crippen LogP contribution in [0.1, 0.15) is 49.8 Å². The van der Waals surface area contributed by atoms with Gasteiger partial charge in [-0.1, -0.05) is 24.6 Å². The summed E-state index contributed by atoms with van der Waals surface area (Å²) in [5.41, 5.74) is 2.98. The molecule has 0 radical (unpaired) electrons. The lowest BCUT2D eigenvalue weighted by atomic mass is 10.1. The highest BCUT2D eigenvalue weighted by Gasteiger charge is 2.27. The molecule has 0 aromatic carbocycles.